The topological polar surface area (TPSA) is 0 Å². The quantitative estimate of drug-likeness (QED) is 0.235. The SMILES string of the molecule is C=C(C[N+](C)(CCCCCCC)CCCCCCC)c1ccccc1. The van der Waals surface area contributed by atoms with Crippen molar-refractivity contribution in [3.63, 3.8) is 0 Å². The van der Waals surface area contributed by atoms with Crippen LogP contribution in [0.15, 0.2) is 36.9 Å². The molecule has 0 N–H and O–H groups in total. The van der Waals surface area contributed by atoms with Crippen LogP contribution in [0.25, 0.3) is 5.57 Å². The maximum absolute atomic E-state index is 4.41. The fourth-order valence-electron chi connectivity index (χ4n) is 3.69. The van der Waals surface area contributed by atoms with Crippen molar-refractivity contribution in [2.75, 3.05) is 26.7 Å². The van der Waals surface area contributed by atoms with Crippen LogP contribution in [-0.4, -0.2) is 31.2 Å². The largest absolute Gasteiger partial charge is 0.322 e. The molecule has 0 heterocycles. The molecule has 1 aromatic rings. The fourth-order valence-corrected chi connectivity index (χ4v) is 3.69. The summed E-state index contributed by atoms with van der Waals surface area (Å²) in [7, 11) is 2.45. The Morgan fingerprint density at radius 2 is 1.24 bits per heavy atom. The van der Waals surface area contributed by atoms with Crippen molar-refractivity contribution in [3.8, 4) is 0 Å². The number of likely N-dealkylation sites (N-methyl/N-ethyl adjacent to an activating group) is 1. The zero-order valence-electron chi connectivity index (χ0n) is 17.2. The molecule has 0 saturated heterocycles. The van der Waals surface area contributed by atoms with Crippen LogP contribution in [0.1, 0.15) is 83.6 Å². The molecule has 1 rings (SSSR count). The number of hydrogen-bond acceptors (Lipinski definition) is 0. The van der Waals surface area contributed by atoms with Gasteiger partial charge in [0.05, 0.1) is 20.1 Å². The van der Waals surface area contributed by atoms with Gasteiger partial charge in [-0.1, -0.05) is 89.3 Å². The number of benzene rings is 1. The zero-order valence-corrected chi connectivity index (χ0v) is 17.2. The van der Waals surface area contributed by atoms with Gasteiger partial charge in [-0.05, 0) is 31.2 Å². The Labute approximate surface area is 157 Å². The van der Waals surface area contributed by atoms with Gasteiger partial charge in [0.2, 0.25) is 0 Å². The minimum absolute atomic E-state index is 1.09. The monoisotopic (exact) mass is 344 g/mol. The zero-order chi connectivity index (χ0) is 18.4. The first-order chi connectivity index (χ1) is 12.1. The Balaban J connectivity index is 2.54. The van der Waals surface area contributed by atoms with Gasteiger partial charge in [0.15, 0.2) is 0 Å². The molecular formula is C24H42N+. The summed E-state index contributed by atoms with van der Waals surface area (Å²) in [6, 6.07) is 10.7. The predicted octanol–water partition coefficient (Wildman–Crippen LogP) is 7.09. The lowest BCUT2D eigenvalue weighted by atomic mass is 10.0. The van der Waals surface area contributed by atoms with E-state index in [0.29, 0.717) is 0 Å². The second-order valence-electron chi connectivity index (χ2n) is 8.02. The number of unbranched alkanes of at least 4 members (excludes halogenated alkanes) is 8. The normalized spacial score (nSPS) is 11.6. The van der Waals surface area contributed by atoms with Gasteiger partial charge in [-0.3, -0.25) is 0 Å². The van der Waals surface area contributed by atoms with Crippen LogP contribution in [0.4, 0.5) is 0 Å². The molecule has 25 heavy (non-hydrogen) atoms. The summed E-state index contributed by atoms with van der Waals surface area (Å²) in [6.07, 6.45) is 13.7. The molecular weight excluding hydrogens is 302 g/mol. The van der Waals surface area contributed by atoms with E-state index in [0.717, 1.165) is 11.0 Å². The Hall–Kier alpha value is -1.08. The molecule has 0 unspecified atom stereocenters. The van der Waals surface area contributed by atoms with Crippen molar-refractivity contribution in [2.24, 2.45) is 0 Å². The maximum Gasteiger partial charge on any atom is 0.104 e. The average molecular weight is 345 g/mol. The van der Waals surface area contributed by atoms with Crippen LogP contribution in [-0.2, 0) is 0 Å². The van der Waals surface area contributed by atoms with E-state index in [-0.39, 0.29) is 0 Å². The molecule has 0 bridgehead atoms. The van der Waals surface area contributed by atoms with Gasteiger partial charge in [-0.25, -0.2) is 0 Å². The molecule has 0 saturated carbocycles. The second kappa shape index (κ2) is 13.2. The summed E-state index contributed by atoms with van der Waals surface area (Å²) in [6.45, 7) is 12.7. The molecule has 0 aliphatic rings. The molecule has 142 valence electrons. The molecule has 0 fully saturated rings. The molecule has 0 radical (unpaired) electrons. The van der Waals surface area contributed by atoms with Crippen LogP contribution in [0, 0.1) is 0 Å². The van der Waals surface area contributed by atoms with Crippen molar-refractivity contribution in [2.45, 2.75) is 78.1 Å². The van der Waals surface area contributed by atoms with Gasteiger partial charge in [-0.15, -0.1) is 0 Å². The smallest absolute Gasteiger partial charge is 0.104 e. The summed E-state index contributed by atoms with van der Waals surface area (Å²) in [5.74, 6) is 0. The van der Waals surface area contributed by atoms with Crippen molar-refractivity contribution in [1.29, 1.82) is 0 Å². The van der Waals surface area contributed by atoms with E-state index in [1.165, 1.54) is 88.4 Å². The van der Waals surface area contributed by atoms with Crippen LogP contribution < -0.4 is 0 Å². The molecule has 0 spiro atoms. The van der Waals surface area contributed by atoms with E-state index < -0.39 is 0 Å². The third-order valence-corrected chi connectivity index (χ3v) is 5.36. The maximum atomic E-state index is 4.41. The standard InChI is InChI=1S/C24H42N/c1-5-7-9-11-16-20-25(4,21-17-12-10-8-6-2)22-23(3)24-18-14-13-15-19-24/h13-15,18-19H,3,5-12,16-17,20-22H2,1-2,4H3/q+1. The van der Waals surface area contributed by atoms with Crippen molar-refractivity contribution in [3.05, 3.63) is 42.5 Å². The van der Waals surface area contributed by atoms with E-state index in [9.17, 15) is 0 Å². The van der Waals surface area contributed by atoms with E-state index in [4.69, 9.17) is 0 Å². The van der Waals surface area contributed by atoms with E-state index in [1.807, 2.05) is 0 Å². The second-order valence-corrected chi connectivity index (χ2v) is 8.02. The third kappa shape index (κ3) is 9.84. The highest BCUT2D eigenvalue weighted by molar-refractivity contribution is 5.63. The first-order valence-electron chi connectivity index (χ1n) is 10.7. The average Bonchev–Trinajstić information content (AvgIpc) is 2.62. The molecule has 0 amide bonds. The molecule has 0 aromatic heterocycles. The molecule has 1 aromatic carbocycles. The van der Waals surface area contributed by atoms with E-state index in [1.54, 1.807) is 0 Å². The molecule has 0 aliphatic carbocycles. The van der Waals surface area contributed by atoms with Crippen LogP contribution in [0.3, 0.4) is 0 Å². The van der Waals surface area contributed by atoms with Crippen molar-refractivity contribution >= 4 is 5.57 Å². The van der Waals surface area contributed by atoms with Gasteiger partial charge in [0.1, 0.15) is 6.54 Å². The molecule has 1 nitrogen and oxygen atoms in total. The lowest BCUT2D eigenvalue weighted by Crippen LogP contribution is -2.46. The first-order valence-corrected chi connectivity index (χ1v) is 10.7. The summed E-state index contributed by atoms with van der Waals surface area (Å²) < 4.78 is 1.16. The van der Waals surface area contributed by atoms with Gasteiger partial charge in [0, 0.05) is 5.57 Å². The number of quaternary nitrogens is 1. The highest BCUT2D eigenvalue weighted by Gasteiger charge is 2.22. The van der Waals surface area contributed by atoms with E-state index in [2.05, 4.69) is 57.8 Å². The highest BCUT2D eigenvalue weighted by atomic mass is 15.3. The summed E-state index contributed by atoms with van der Waals surface area (Å²) in [5.41, 5.74) is 2.61. The Kier molecular flexibility index (Phi) is 11.6. The Morgan fingerprint density at radius 1 is 0.760 bits per heavy atom. The van der Waals surface area contributed by atoms with Crippen molar-refractivity contribution < 1.29 is 4.48 Å². The van der Waals surface area contributed by atoms with Crippen molar-refractivity contribution in [1.82, 2.24) is 0 Å². The lowest BCUT2D eigenvalue weighted by Gasteiger charge is -2.35. The van der Waals surface area contributed by atoms with Gasteiger partial charge in [0.25, 0.3) is 0 Å². The number of nitrogens with zero attached hydrogens (tertiary/aromatic N) is 1. The van der Waals surface area contributed by atoms with Gasteiger partial charge in [-0.2, -0.15) is 0 Å². The number of hydrogen-bond donors (Lipinski definition) is 0. The van der Waals surface area contributed by atoms with Crippen LogP contribution >= 0.6 is 0 Å². The van der Waals surface area contributed by atoms with E-state index >= 15 is 0 Å². The predicted molar refractivity (Wildman–Crippen MR) is 114 cm³/mol. The van der Waals surface area contributed by atoms with Crippen LogP contribution in [0.5, 0.6) is 0 Å². The molecule has 1 heteroatoms. The number of rotatable bonds is 15. The summed E-state index contributed by atoms with van der Waals surface area (Å²) >= 11 is 0. The molecule has 0 atom stereocenters. The Bertz CT molecular complexity index is 434. The molecule has 0 aliphatic heterocycles. The Morgan fingerprint density at radius 3 is 1.72 bits per heavy atom. The highest BCUT2D eigenvalue weighted by Crippen LogP contribution is 2.20. The van der Waals surface area contributed by atoms with Gasteiger partial charge >= 0.3 is 0 Å². The van der Waals surface area contributed by atoms with Crippen LogP contribution in [0.2, 0.25) is 0 Å². The fraction of sp³-hybridized carbons (Fsp3) is 0.667. The first kappa shape index (κ1) is 22.0. The minimum atomic E-state index is 1.09. The minimum Gasteiger partial charge on any atom is -0.322 e. The van der Waals surface area contributed by atoms with Gasteiger partial charge < -0.3 is 4.48 Å². The summed E-state index contributed by atoms with van der Waals surface area (Å²) in [5, 5.41) is 0. The third-order valence-electron chi connectivity index (χ3n) is 5.36. The summed E-state index contributed by atoms with van der Waals surface area (Å²) in [4.78, 5) is 0. The lowest BCUT2D eigenvalue weighted by molar-refractivity contribution is -0.902.